The number of halogens is 2. The largest absolute Gasteiger partial charge is 0.387 e. The third-order valence-electron chi connectivity index (χ3n) is 4.85. The molecule has 2 bridgehead atoms. The van der Waals surface area contributed by atoms with E-state index < -0.39 is 37.0 Å². The molecule has 0 radical (unpaired) electrons. The van der Waals surface area contributed by atoms with Gasteiger partial charge in [-0.2, -0.15) is 0 Å². The van der Waals surface area contributed by atoms with Crippen molar-refractivity contribution in [2.45, 2.75) is 37.0 Å². The van der Waals surface area contributed by atoms with E-state index in [1.165, 1.54) is 0 Å². The van der Waals surface area contributed by atoms with Gasteiger partial charge < -0.3 is 29.2 Å². The number of fused-ring (bicyclic) bond motifs is 3. The number of benzene rings is 2. The van der Waals surface area contributed by atoms with Gasteiger partial charge in [0.25, 0.3) is 0 Å². The molecule has 8 heteroatoms. The molecule has 0 aliphatic carbocycles. The smallest absolute Gasteiger partial charge is 0.186 e. The number of hydrogen-bond donors (Lipinski definition) is 2. The van der Waals surface area contributed by atoms with E-state index in [1.54, 1.807) is 30.3 Å². The van der Waals surface area contributed by atoms with Crippen LogP contribution in [0.15, 0.2) is 48.5 Å². The first-order chi connectivity index (χ1) is 13.5. The second kappa shape index (κ2) is 8.65. The molecular formula is C20H20Cl2O6. The molecule has 2 fully saturated rings. The van der Waals surface area contributed by atoms with E-state index in [1.807, 2.05) is 18.2 Å². The van der Waals surface area contributed by atoms with Crippen LogP contribution in [0.25, 0.3) is 0 Å². The summed E-state index contributed by atoms with van der Waals surface area (Å²) >= 11 is 12.5. The summed E-state index contributed by atoms with van der Waals surface area (Å²) in [5, 5.41) is 22.1. The van der Waals surface area contributed by atoms with Crippen molar-refractivity contribution in [1.82, 2.24) is 0 Å². The summed E-state index contributed by atoms with van der Waals surface area (Å²) in [6.07, 6.45) is -5.79. The molecule has 28 heavy (non-hydrogen) atoms. The van der Waals surface area contributed by atoms with Crippen molar-refractivity contribution in [3.05, 3.63) is 69.7 Å². The number of ether oxygens (including phenoxy) is 4. The molecule has 2 N–H and O–H groups in total. The maximum Gasteiger partial charge on any atom is 0.186 e. The summed E-state index contributed by atoms with van der Waals surface area (Å²) in [4.78, 5) is 0. The fourth-order valence-electron chi connectivity index (χ4n) is 3.30. The average Bonchev–Trinajstić information content (AvgIpc) is 2.78. The molecule has 2 aromatic rings. The number of aliphatic hydroxyl groups is 2. The minimum atomic E-state index is -1.22. The Labute approximate surface area is 172 Å². The zero-order valence-corrected chi connectivity index (χ0v) is 16.3. The van der Waals surface area contributed by atoms with Crippen LogP contribution in [0.1, 0.15) is 23.7 Å². The lowest BCUT2D eigenvalue weighted by Crippen LogP contribution is -2.45. The minimum Gasteiger partial charge on any atom is -0.387 e. The van der Waals surface area contributed by atoms with Crippen LogP contribution in [-0.2, 0) is 18.9 Å². The Kier molecular flexibility index (Phi) is 6.20. The Hall–Kier alpha value is -1.22. The van der Waals surface area contributed by atoms with Crippen molar-refractivity contribution < 1.29 is 29.2 Å². The first-order valence-electron chi connectivity index (χ1n) is 8.93. The molecule has 4 rings (SSSR count). The Morgan fingerprint density at radius 1 is 0.679 bits per heavy atom. The third-order valence-corrected chi connectivity index (χ3v) is 5.54. The lowest BCUT2D eigenvalue weighted by Gasteiger charge is -2.29. The average molecular weight is 427 g/mol. The van der Waals surface area contributed by atoms with E-state index >= 15 is 0 Å². The van der Waals surface area contributed by atoms with Crippen molar-refractivity contribution in [2.24, 2.45) is 0 Å². The first kappa shape index (κ1) is 20.1. The molecule has 2 unspecified atom stereocenters. The minimum absolute atomic E-state index is 0.0366. The summed E-state index contributed by atoms with van der Waals surface area (Å²) in [5.41, 5.74) is 1.25. The first-order valence-corrected chi connectivity index (χ1v) is 9.69. The molecule has 2 aliphatic heterocycles. The highest BCUT2D eigenvalue weighted by atomic mass is 35.5. The van der Waals surface area contributed by atoms with Crippen molar-refractivity contribution in [3.63, 3.8) is 0 Å². The van der Waals surface area contributed by atoms with E-state index in [4.69, 9.17) is 42.1 Å². The van der Waals surface area contributed by atoms with Gasteiger partial charge in [0, 0.05) is 21.2 Å². The SMILES string of the molecule is O[C@H]1[C@H](O)[C@H]2COC(c3ccccc3Cl)OC[C@@H]1OC(c1ccccc1Cl)O2. The van der Waals surface area contributed by atoms with E-state index in [-0.39, 0.29) is 13.2 Å². The van der Waals surface area contributed by atoms with Gasteiger partial charge in [-0.25, -0.2) is 0 Å². The Morgan fingerprint density at radius 2 is 1.11 bits per heavy atom. The van der Waals surface area contributed by atoms with Gasteiger partial charge in [0.05, 0.1) is 13.2 Å². The van der Waals surface area contributed by atoms with Crippen molar-refractivity contribution >= 4 is 23.2 Å². The summed E-state index contributed by atoms with van der Waals surface area (Å²) in [7, 11) is 0. The van der Waals surface area contributed by atoms with Gasteiger partial charge in [-0.1, -0.05) is 59.6 Å². The molecule has 0 saturated carbocycles. The molecule has 2 aliphatic rings. The summed E-state index contributed by atoms with van der Waals surface area (Å²) in [6.45, 7) is -0.0731. The quantitative estimate of drug-likeness (QED) is 0.767. The maximum atomic E-state index is 10.6. The Morgan fingerprint density at radius 3 is 1.57 bits per heavy atom. The molecule has 2 heterocycles. The second-order valence-corrected chi connectivity index (χ2v) is 7.52. The molecule has 2 saturated heterocycles. The lowest BCUT2D eigenvalue weighted by molar-refractivity contribution is -0.252. The van der Waals surface area contributed by atoms with Crippen molar-refractivity contribution in [3.8, 4) is 0 Å². The zero-order chi connectivity index (χ0) is 19.7. The van der Waals surface area contributed by atoms with Crippen LogP contribution in [0, 0.1) is 0 Å². The topological polar surface area (TPSA) is 77.4 Å². The highest BCUT2D eigenvalue weighted by Gasteiger charge is 2.43. The maximum absolute atomic E-state index is 10.6. The van der Waals surface area contributed by atoms with Gasteiger partial charge in [-0.05, 0) is 12.1 Å². The zero-order valence-electron chi connectivity index (χ0n) is 14.8. The predicted octanol–water partition coefficient (Wildman–Crippen LogP) is 3.24. The highest BCUT2D eigenvalue weighted by molar-refractivity contribution is 6.31. The van der Waals surface area contributed by atoms with Gasteiger partial charge in [-0.3, -0.25) is 0 Å². The fourth-order valence-corrected chi connectivity index (χ4v) is 3.75. The van der Waals surface area contributed by atoms with Crippen LogP contribution in [0.4, 0.5) is 0 Å². The van der Waals surface area contributed by atoms with Crippen LogP contribution in [0.5, 0.6) is 0 Å². The standard InChI is InChI=1S/C20H20Cl2O6/c21-13-7-3-1-5-11(13)19-25-9-15-17(23)18(24)16(10-26-19)28-20(27-15)12-6-2-4-8-14(12)22/h1-8,15-20,23-24H,9-10H2/t15-,16+,17-,18-,19?,20?/m1/s1. The van der Waals surface area contributed by atoms with E-state index in [2.05, 4.69) is 0 Å². The van der Waals surface area contributed by atoms with E-state index in [0.29, 0.717) is 21.2 Å². The normalized spacial score (nSPS) is 33.6. The monoisotopic (exact) mass is 426 g/mol. The Balaban J connectivity index is 1.62. The highest BCUT2D eigenvalue weighted by Crippen LogP contribution is 2.36. The summed E-state index contributed by atoms with van der Waals surface area (Å²) < 4.78 is 23.6. The van der Waals surface area contributed by atoms with Crippen LogP contribution in [0.3, 0.4) is 0 Å². The molecule has 0 amide bonds. The third kappa shape index (κ3) is 4.06. The Bertz CT molecular complexity index is 797. The molecule has 0 aromatic heterocycles. The van der Waals surface area contributed by atoms with Crippen LogP contribution < -0.4 is 0 Å². The number of rotatable bonds is 2. The van der Waals surface area contributed by atoms with Crippen LogP contribution >= 0.6 is 23.2 Å². The van der Waals surface area contributed by atoms with Crippen molar-refractivity contribution in [1.29, 1.82) is 0 Å². The van der Waals surface area contributed by atoms with Gasteiger partial charge in [0.15, 0.2) is 12.6 Å². The molecule has 6 nitrogen and oxygen atoms in total. The number of hydrogen-bond acceptors (Lipinski definition) is 6. The lowest BCUT2D eigenvalue weighted by atomic mass is 10.0. The molecule has 2 aromatic carbocycles. The van der Waals surface area contributed by atoms with Gasteiger partial charge >= 0.3 is 0 Å². The summed E-state index contributed by atoms with van der Waals surface area (Å²) in [6, 6.07) is 14.3. The number of aliphatic hydroxyl groups excluding tert-OH is 2. The second-order valence-electron chi connectivity index (χ2n) is 6.70. The van der Waals surface area contributed by atoms with Gasteiger partial charge in [0.2, 0.25) is 0 Å². The van der Waals surface area contributed by atoms with Crippen LogP contribution in [0.2, 0.25) is 10.0 Å². The fraction of sp³-hybridized carbons (Fsp3) is 0.400. The molecule has 150 valence electrons. The molecular weight excluding hydrogens is 407 g/mol. The molecule has 6 atom stereocenters. The van der Waals surface area contributed by atoms with Crippen molar-refractivity contribution in [2.75, 3.05) is 13.2 Å². The summed E-state index contributed by atoms with van der Waals surface area (Å²) in [5.74, 6) is 0. The van der Waals surface area contributed by atoms with Gasteiger partial charge in [-0.15, -0.1) is 0 Å². The molecule has 0 spiro atoms. The van der Waals surface area contributed by atoms with E-state index in [9.17, 15) is 10.2 Å². The van der Waals surface area contributed by atoms with Crippen LogP contribution in [-0.4, -0.2) is 47.8 Å². The van der Waals surface area contributed by atoms with E-state index in [0.717, 1.165) is 0 Å². The predicted molar refractivity (Wildman–Crippen MR) is 102 cm³/mol. The van der Waals surface area contributed by atoms with Gasteiger partial charge in [0.1, 0.15) is 24.4 Å².